The number of aromatic nitrogens is 4. The van der Waals surface area contributed by atoms with E-state index in [1.54, 1.807) is 12.4 Å². The van der Waals surface area contributed by atoms with Gasteiger partial charge in [-0.3, -0.25) is 0 Å². The number of H-pyrrole nitrogens is 1. The Morgan fingerprint density at radius 3 is 3.11 bits per heavy atom. The Bertz CT molecular complexity index is 498. The summed E-state index contributed by atoms with van der Waals surface area (Å²) in [6.45, 7) is 4.11. The van der Waals surface area contributed by atoms with Gasteiger partial charge in [0, 0.05) is 18.9 Å². The number of nitrogens with zero attached hydrogens (tertiary/aromatic N) is 3. The molecular weight excluding hydrogens is 230 g/mol. The van der Waals surface area contributed by atoms with E-state index in [0.717, 1.165) is 38.2 Å². The molecule has 2 aromatic heterocycles. The minimum absolute atomic E-state index is 0.00654. The van der Waals surface area contributed by atoms with Crippen molar-refractivity contribution in [1.82, 2.24) is 25.4 Å². The molecule has 0 saturated carbocycles. The monoisotopic (exact) mass is 247 g/mol. The second-order valence-corrected chi connectivity index (χ2v) is 4.82. The Hall–Kier alpha value is -1.69. The molecule has 1 aliphatic heterocycles. The maximum Gasteiger partial charge on any atom is 0.238 e. The van der Waals surface area contributed by atoms with Crippen molar-refractivity contribution in [3.63, 3.8) is 0 Å². The molecule has 18 heavy (non-hydrogen) atoms. The zero-order valence-corrected chi connectivity index (χ0v) is 10.4. The molecule has 6 nitrogen and oxygen atoms in total. The predicted molar refractivity (Wildman–Crippen MR) is 66.0 cm³/mol. The van der Waals surface area contributed by atoms with Gasteiger partial charge in [0.1, 0.15) is 0 Å². The van der Waals surface area contributed by atoms with Gasteiger partial charge in [-0.15, -0.1) is 0 Å². The van der Waals surface area contributed by atoms with Crippen molar-refractivity contribution >= 4 is 0 Å². The fourth-order valence-corrected chi connectivity index (χ4v) is 2.65. The van der Waals surface area contributed by atoms with E-state index in [0.29, 0.717) is 11.6 Å². The smallest absolute Gasteiger partial charge is 0.238 e. The van der Waals surface area contributed by atoms with Gasteiger partial charge in [-0.2, -0.15) is 4.98 Å². The lowest BCUT2D eigenvalue weighted by molar-refractivity contribution is 0.277. The van der Waals surface area contributed by atoms with Crippen molar-refractivity contribution in [2.45, 2.75) is 31.6 Å². The van der Waals surface area contributed by atoms with E-state index in [1.165, 1.54) is 0 Å². The number of aromatic amines is 1. The molecule has 1 aliphatic rings. The van der Waals surface area contributed by atoms with Gasteiger partial charge in [0.25, 0.3) is 0 Å². The first kappa shape index (κ1) is 11.4. The summed E-state index contributed by atoms with van der Waals surface area (Å²) >= 11 is 0. The van der Waals surface area contributed by atoms with Gasteiger partial charge in [-0.25, -0.2) is 4.98 Å². The van der Waals surface area contributed by atoms with Gasteiger partial charge in [0.2, 0.25) is 11.7 Å². The summed E-state index contributed by atoms with van der Waals surface area (Å²) in [4.78, 5) is 11.6. The van der Waals surface area contributed by atoms with Crippen LogP contribution in [0.3, 0.4) is 0 Å². The molecule has 0 bridgehead atoms. The molecule has 3 heterocycles. The van der Waals surface area contributed by atoms with E-state index < -0.39 is 0 Å². The minimum atomic E-state index is 0.00654. The highest BCUT2D eigenvalue weighted by molar-refractivity contribution is 5.41. The second-order valence-electron chi connectivity index (χ2n) is 4.82. The molecule has 1 atom stereocenters. The number of rotatable bonds is 4. The summed E-state index contributed by atoms with van der Waals surface area (Å²) in [5.74, 6) is 1.93. The third kappa shape index (κ3) is 1.82. The normalized spacial score (nSPS) is 23.6. The molecule has 3 rings (SSSR count). The van der Waals surface area contributed by atoms with Crippen LogP contribution in [0, 0.1) is 0 Å². The second kappa shape index (κ2) is 4.53. The van der Waals surface area contributed by atoms with Crippen molar-refractivity contribution in [3.05, 3.63) is 18.3 Å². The number of nitrogens with one attached hydrogen (secondary N) is 2. The SMILES string of the molecule is CCCC1(c2nc(-c3ncc[nH]3)no2)CCNC1. The van der Waals surface area contributed by atoms with Crippen LogP contribution in [-0.2, 0) is 5.41 Å². The molecule has 0 amide bonds. The van der Waals surface area contributed by atoms with Crippen LogP contribution in [0.4, 0.5) is 0 Å². The molecular formula is C12H17N5O. The molecule has 1 unspecified atom stereocenters. The molecule has 96 valence electrons. The van der Waals surface area contributed by atoms with Crippen LogP contribution in [0.2, 0.25) is 0 Å². The highest BCUT2D eigenvalue weighted by atomic mass is 16.5. The van der Waals surface area contributed by atoms with E-state index in [-0.39, 0.29) is 5.41 Å². The molecule has 0 radical (unpaired) electrons. The van der Waals surface area contributed by atoms with E-state index in [1.807, 2.05) is 0 Å². The molecule has 0 aromatic carbocycles. The lowest BCUT2D eigenvalue weighted by atomic mass is 9.82. The predicted octanol–water partition coefficient (Wildman–Crippen LogP) is 1.49. The average molecular weight is 247 g/mol. The molecule has 1 fully saturated rings. The Balaban J connectivity index is 1.92. The number of hydrogen-bond acceptors (Lipinski definition) is 5. The largest absolute Gasteiger partial charge is 0.342 e. The van der Waals surface area contributed by atoms with Crippen LogP contribution in [0.15, 0.2) is 16.9 Å². The Kier molecular flexibility index (Phi) is 2.87. The third-order valence-electron chi connectivity index (χ3n) is 3.56. The fourth-order valence-electron chi connectivity index (χ4n) is 2.65. The minimum Gasteiger partial charge on any atom is -0.342 e. The molecule has 0 aliphatic carbocycles. The molecule has 1 saturated heterocycles. The summed E-state index contributed by atoms with van der Waals surface area (Å²) < 4.78 is 5.47. The lowest BCUT2D eigenvalue weighted by Gasteiger charge is -2.22. The van der Waals surface area contributed by atoms with E-state index in [9.17, 15) is 0 Å². The van der Waals surface area contributed by atoms with E-state index >= 15 is 0 Å². The van der Waals surface area contributed by atoms with Gasteiger partial charge in [0.15, 0.2) is 5.82 Å². The Morgan fingerprint density at radius 2 is 2.44 bits per heavy atom. The Labute approximate surface area is 105 Å². The molecule has 6 heteroatoms. The van der Waals surface area contributed by atoms with Crippen molar-refractivity contribution in [3.8, 4) is 11.6 Å². The molecule has 2 aromatic rings. The van der Waals surface area contributed by atoms with Gasteiger partial charge < -0.3 is 14.8 Å². The summed E-state index contributed by atoms with van der Waals surface area (Å²) in [7, 11) is 0. The molecule has 2 N–H and O–H groups in total. The topological polar surface area (TPSA) is 79.6 Å². The zero-order chi connectivity index (χ0) is 12.4. The summed E-state index contributed by atoms with van der Waals surface area (Å²) in [6.07, 6.45) is 6.68. The van der Waals surface area contributed by atoms with Crippen LogP contribution < -0.4 is 5.32 Å². The van der Waals surface area contributed by atoms with Crippen molar-refractivity contribution < 1.29 is 4.52 Å². The van der Waals surface area contributed by atoms with Gasteiger partial charge >= 0.3 is 0 Å². The number of imidazole rings is 1. The fraction of sp³-hybridized carbons (Fsp3) is 0.583. The van der Waals surface area contributed by atoms with Crippen LogP contribution in [0.5, 0.6) is 0 Å². The average Bonchev–Trinajstić information content (AvgIpc) is 3.11. The first-order valence-corrected chi connectivity index (χ1v) is 6.39. The highest BCUT2D eigenvalue weighted by Crippen LogP contribution is 2.34. The van der Waals surface area contributed by atoms with Crippen LogP contribution in [0.25, 0.3) is 11.6 Å². The van der Waals surface area contributed by atoms with Crippen LogP contribution >= 0.6 is 0 Å². The van der Waals surface area contributed by atoms with Crippen molar-refractivity contribution in [2.24, 2.45) is 0 Å². The molecule has 0 spiro atoms. The highest BCUT2D eigenvalue weighted by Gasteiger charge is 2.40. The first-order chi connectivity index (χ1) is 8.84. The van der Waals surface area contributed by atoms with Gasteiger partial charge in [0.05, 0.1) is 5.41 Å². The summed E-state index contributed by atoms with van der Waals surface area (Å²) in [6, 6.07) is 0. The van der Waals surface area contributed by atoms with Crippen LogP contribution in [-0.4, -0.2) is 33.2 Å². The number of hydrogen-bond donors (Lipinski definition) is 2. The maximum atomic E-state index is 5.47. The van der Waals surface area contributed by atoms with Gasteiger partial charge in [-0.05, 0) is 19.4 Å². The van der Waals surface area contributed by atoms with E-state index in [2.05, 4.69) is 32.3 Å². The Morgan fingerprint density at radius 1 is 1.50 bits per heavy atom. The van der Waals surface area contributed by atoms with Crippen molar-refractivity contribution in [2.75, 3.05) is 13.1 Å². The zero-order valence-electron chi connectivity index (χ0n) is 10.4. The standard InChI is InChI=1S/C12H17N5O/c1-2-3-12(4-5-13-8-12)11-16-10(17-18-11)9-14-6-7-15-9/h6-7,13H,2-5,8H2,1H3,(H,14,15). The third-order valence-corrected chi connectivity index (χ3v) is 3.56. The van der Waals surface area contributed by atoms with Crippen molar-refractivity contribution in [1.29, 1.82) is 0 Å². The van der Waals surface area contributed by atoms with Crippen LogP contribution in [0.1, 0.15) is 32.1 Å². The lowest BCUT2D eigenvalue weighted by Crippen LogP contribution is -2.29. The quantitative estimate of drug-likeness (QED) is 0.855. The first-order valence-electron chi connectivity index (χ1n) is 6.39. The summed E-state index contributed by atoms with van der Waals surface area (Å²) in [5.41, 5.74) is 0.00654. The van der Waals surface area contributed by atoms with E-state index in [4.69, 9.17) is 4.52 Å². The maximum absolute atomic E-state index is 5.47. The summed E-state index contributed by atoms with van der Waals surface area (Å²) in [5, 5.41) is 7.41. The van der Waals surface area contributed by atoms with Gasteiger partial charge in [-0.1, -0.05) is 18.5 Å².